The first-order valence-corrected chi connectivity index (χ1v) is 7.03. The van der Waals surface area contributed by atoms with Crippen LogP contribution in [-0.2, 0) is 9.59 Å². The molecule has 0 radical (unpaired) electrons. The number of esters is 1. The van der Waals surface area contributed by atoms with E-state index in [1.165, 1.54) is 25.1 Å². The van der Waals surface area contributed by atoms with E-state index >= 15 is 0 Å². The van der Waals surface area contributed by atoms with Gasteiger partial charge in [0, 0.05) is 18.9 Å². The summed E-state index contributed by atoms with van der Waals surface area (Å²) in [5, 5.41) is 19.2. The molecule has 0 saturated heterocycles. The molecule has 0 aliphatic rings. The molecule has 1 rings (SSSR count). The lowest BCUT2D eigenvalue weighted by Crippen LogP contribution is -2.49. The topological polar surface area (TPSA) is 104 Å². The van der Waals surface area contributed by atoms with Gasteiger partial charge in [-0.15, -0.1) is 0 Å². The fourth-order valence-corrected chi connectivity index (χ4v) is 1.93. The van der Waals surface area contributed by atoms with Gasteiger partial charge in [-0.2, -0.15) is 0 Å². The minimum Gasteiger partial charge on any atom is -0.545 e. The zero-order chi connectivity index (χ0) is 18.2. The molecule has 7 heteroatoms. The van der Waals surface area contributed by atoms with Crippen molar-refractivity contribution in [2.75, 3.05) is 21.1 Å². The van der Waals surface area contributed by atoms with Gasteiger partial charge in [0.15, 0.2) is 6.04 Å². The van der Waals surface area contributed by atoms with Crippen molar-refractivity contribution < 1.29 is 33.8 Å². The molecule has 1 unspecified atom stereocenters. The average molecular weight is 325 g/mol. The molecule has 1 aromatic carbocycles. The van der Waals surface area contributed by atoms with Gasteiger partial charge in [0.2, 0.25) is 0 Å². The predicted octanol–water partition coefficient (Wildman–Crippen LogP) is 0.531. The monoisotopic (exact) mass is 325 g/mol. The summed E-state index contributed by atoms with van der Waals surface area (Å²) < 4.78 is 5.14. The molecule has 0 bridgehead atoms. The molecule has 0 amide bonds. The molecule has 0 aromatic heterocycles. The fraction of sp³-hybridized carbons (Fsp3) is 0.438. The van der Waals surface area contributed by atoms with Crippen molar-refractivity contribution in [2.24, 2.45) is 0 Å². The summed E-state index contributed by atoms with van der Waals surface area (Å²) in [5.74, 6) is -2.63. The number of aromatic carboxylic acids is 1. The standard InChI is InChI=1S/C9H8O4.C7H15NO2/c1-6(10)13-8-5-3-2-4-7(8)9(11)12;1-5-6(7(9)10)8(2,3)4/h2-5H,1H3,(H,11,12);6H,5H2,1-4H3. The number of carbonyl (C=O) groups is 3. The van der Waals surface area contributed by atoms with Crippen LogP contribution in [0.4, 0.5) is 0 Å². The van der Waals surface area contributed by atoms with Crippen LogP contribution in [0.5, 0.6) is 5.75 Å². The van der Waals surface area contributed by atoms with E-state index in [0.29, 0.717) is 10.9 Å². The quantitative estimate of drug-likeness (QED) is 0.481. The minimum absolute atomic E-state index is 0.00926. The minimum atomic E-state index is -1.36. The number of likely N-dealkylation sites (N-methyl/N-ethyl adjacent to an activating group) is 1. The van der Waals surface area contributed by atoms with E-state index in [9.17, 15) is 19.5 Å². The van der Waals surface area contributed by atoms with Gasteiger partial charge in [-0.3, -0.25) is 4.79 Å². The highest BCUT2D eigenvalue weighted by Crippen LogP contribution is 2.16. The number of benzene rings is 1. The van der Waals surface area contributed by atoms with Gasteiger partial charge in [-0.05, 0) is 12.1 Å². The Labute approximate surface area is 135 Å². The van der Waals surface area contributed by atoms with E-state index in [1.54, 1.807) is 6.07 Å². The highest BCUT2D eigenvalue weighted by molar-refractivity contribution is 5.90. The maximum atomic E-state index is 10.6. The lowest BCUT2D eigenvalue weighted by atomic mass is 10.2. The fourth-order valence-electron chi connectivity index (χ4n) is 1.93. The highest BCUT2D eigenvalue weighted by Gasteiger charge is 2.28. The van der Waals surface area contributed by atoms with Gasteiger partial charge < -0.3 is 24.2 Å². The van der Waals surface area contributed by atoms with Crippen molar-refractivity contribution in [1.29, 1.82) is 0 Å². The van der Waals surface area contributed by atoms with Gasteiger partial charge >= 0.3 is 11.9 Å². The van der Waals surface area contributed by atoms with Crippen LogP contribution in [0.3, 0.4) is 0 Å². The number of carboxylic acid groups (broad SMARTS) is 2. The predicted molar refractivity (Wildman–Crippen MR) is 81.8 cm³/mol. The molecule has 0 aliphatic heterocycles. The van der Waals surface area contributed by atoms with Crippen molar-refractivity contribution in [3.63, 3.8) is 0 Å². The zero-order valence-corrected chi connectivity index (χ0v) is 14.0. The van der Waals surface area contributed by atoms with Gasteiger partial charge in [0.25, 0.3) is 0 Å². The third-order valence-corrected chi connectivity index (χ3v) is 2.97. The molecule has 1 N–H and O–H groups in total. The second-order valence-corrected chi connectivity index (χ2v) is 5.76. The van der Waals surface area contributed by atoms with E-state index in [-0.39, 0.29) is 17.4 Å². The SMILES string of the molecule is CC(=O)Oc1ccccc1C(=O)[O-].CCC(C(=O)O)[N+](C)(C)C. The number of carboxylic acids is 2. The zero-order valence-electron chi connectivity index (χ0n) is 14.0. The number of rotatable bonds is 5. The first-order valence-electron chi connectivity index (χ1n) is 7.03. The Hall–Kier alpha value is -2.41. The van der Waals surface area contributed by atoms with Crippen molar-refractivity contribution in [1.82, 2.24) is 0 Å². The van der Waals surface area contributed by atoms with Crippen molar-refractivity contribution in [2.45, 2.75) is 26.3 Å². The van der Waals surface area contributed by atoms with E-state index < -0.39 is 17.9 Å². The third-order valence-electron chi connectivity index (χ3n) is 2.97. The Morgan fingerprint density at radius 2 is 1.74 bits per heavy atom. The summed E-state index contributed by atoms with van der Waals surface area (Å²) in [5.41, 5.74) is -0.127. The second-order valence-electron chi connectivity index (χ2n) is 5.76. The summed E-state index contributed by atoms with van der Waals surface area (Å²) in [7, 11) is 5.67. The van der Waals surface area contributed by atoms with E-state index in [0.717, 1.165) is 0 Å². The van der Waals surface area contributed by atoms with Crippen LogP contribution in [0.15, 0.2) is 24.3 Å². The number of ether oxygens (including phenoxy) is 1. The molecule has 23 heavy (non-hydrogen) atoms. The van der Waals surface area contributed by atoms with Crippen LogP contribution in [0.25, 0.3) is 0 Å². The molecule has 7 nitrogen and oxygen atoms in total. The van der Waals surface area contributed by atoms with E-state index in [1.807, 2.05) is 28.1 Å². The van der Waals surface area contributed by atoms with Crippen LogP contribution in [0.2, 0.25) is 0 Å². The second kappa shape index (κ2) is 8.89. The summed E-state index contributed by atoms with van der Waals surface area (Å²) in [6.45, 7) is 3.09. The van der Waals surface area contributed by atoms with Gasteiger partial charge in [-0.1, -0.05) is 19.1 Å². The maximum Gasteiger partial charge on any atom is 0.362 e. The molecular weight excluding hydrogens is 302 g/mol. The summed E-state index contributed by atoms with van der Waals surface area (Å²) in [4.78, 5) is 31.6. The summed E-state index contributed by atoms with van der Waals surface area (Å²) >= 11 is 0. The number of hydrogen-bond donors (Lipinski definition) is 1. The van der Waals surface area contributed by atoms with Gasteiger partial charge in [-0.25, -0.2) is 4.79 Å². The number of para-hydroxylation sites is 1. The van der Waals surface area contributed by atoms with Crippen LogP contribution in [0.1, 0.15) is 30.6 Å². The van der Waals surface area contributed by atoms with Crippen molar-refractivity contribution in [3.05, 3.63) is 29.8 Å². The normalized spacial score (nSPS) is 11.7. The molecule has 0 heterocycles. The lowest BCUT2D eigenvalue weighted by molar-refractivity contribution is -0.887. The lowest BCUT2D eigenvalue weighted by Gasteiger charge is -2.30. The summed E-state index contributed by atoms with van der Waals surface area (Å²) in [6, 6.07) is 5.53. The van der Waals surface area contributed by atoms with Crippen LogP contribution in [-0.4, -0.2) is 54.7 Å². The number of quaternary nitrogens is 1. The van der Waals surface area contributed by atoms with Crippen LogP contribution in [0, 0.1) is 0 Å². The van der Waals surface area contributed by atoms with Crippen molar-refractivity contribution >= 4 is 17.9 Å². The Morgan fingerprint density at radius 3 is 2.04 bits per heavy atom. The molecule has 1 atom stereocenters. The molecule has 128 valence electrons. The van der Waals surface area contributed by atoms with E-state index in [2.05, 4.69) is 4.74 Å². The van der Waals surface area contributed by atoms with Crippen molar-refractivity contribution in [3.8, 4) is 5.75 Å². The van der Waals surface area contributed by atoms with Gasteiger partial charge in [0.1, 0.15) is 5.75 Å². The third kappa shape index (κ3) is 7.42. The Kier molecular flexibility index (Phi) is 7.96. The molecule has 1 aromatic rings. The number of aliphatic carboxylic acids is 1. The first kappa shape index (κ1) is 20.6. The number of carbonyl (C=O) groups excluding carboxylic acids is 2. The number of hydrogen-bond acceptors (Lipinski definition) is 5. The molecule has 0 aliphatic carbocycles. The molecule has 0 saturated carbocycles. The molecular formula is C16H23NO6. The average Bonchev–Trinajstić information content (AvgIpc) is 2.37. The largest absolute Gasteiger partial charge is 0.545 e. The Bertz CT molecular complexity index is 562. The highest BCUT2D eigenvalue weighted by atomic mass is 16.5. The number of nitrogens with zero attached hydrogens (tertiary/aromatic N) is 1. The Balaban J connectivity index is 0.000000438. The smallest absolute Gasteiger partial charge is 0.362 e. The van der Waals surface area contributed by atoms with Gasteiger partial charge in [0.05, 0.1) is 27.1 Å². The van der Waals surface area contributed by atoms with Crippen LogP contribution < -0.4 is 9.84 Å². The maximum absolute atomic E-state index is 10.6. The van der Waals surface area contributed by atoms with Crippen LogP contribution >= 0.6 is 0 Å². The first-order chi connectivity index (χ1) is 10.5. The molecule has 0 spiro atoms. The summed E-state index contributed by atoms with van der Waals surface area (Å²) in [6.07, 6.45) is 0.679. The molecule has 0 fully saturated rings. The van der Waals surface area contributed by atoms with E-state index in [4.69, 9.17) is 5.11 Å². The Morgan fingerprint density at radius 1 is 1.22 bits per heavy atom.